The van der Waals surface area contributed by atoms with Gasteiger partial charge in [0, 0.05) is 22.0 Å². The Morgan fingerprint density at radius 3 is 2.81 bits per heavy atom. The summed E-state index contributed by atoms with van der Waals surface area (Å²) < 4.78 is 3.83. The Balaban J connectivity index is 1.84. The maximum absolute atomic E-state index is 13.0. The largest absolute Gasteiger partial charge is 0.349 e. The van der Waals surface area contributed by atoms with E-state index in [1.54, 1.807) is 11.3 Å². The molecule has 1 aromatic carbocycles. The average molecular weight is 380 g/mol. The number of benzene rings is 1. The molecule has 0 aliphatic heterocycles. The lowest BCUT2D eigenvalue weighted by Gasteiger charge is -2.20. The van der Waals surface area contributed by atoms with Crippen LogP contribution < -0.4 is 10.9 Å². The highest BCUT2D eigenvalue weighted by Crippen LogP contribution is 2.26. The van der Waals surface area contributed by atoms with E-state index < -0.39 is 6.04 Å². The molecule has 3 aromatic heterocycles. The molecule has 0 saturated carbocycles. The van der Waals surface area contributed by atoms with Crippen molar-refractivity contribution >= 4 is 33.8 Å². The van der Waals surface area contributed by atoms with Crippen LogP contribution in [0.1, 0.15) is 30.0 Å². The summed E-state index contributed by atoms with van der Waals surface area (Å²) in [5.74, 6) is -0.0494. The molecule has 1 unspecified atom stereocenters. The highest BCUT2D eigenvalue weighted by Gasteiger charge is 2.24. The van der Waals surface area contributed by atoms with Gasteiger partial charge in [-0.3, -0.25) is 14.3 Å². The summed E-state index contributed by atoms with van der Waals surface area (Å²) in [6.07, 6.45) is 0.621. The Kier molecular flexibility index (Phi) is 4.53. The molecule has 1 amide bonds. The zero-order valence-corrected chi connectivity index (χ0v) is 16.0. The quantitative estimate of drug-likeness (QED) is 0.578. The van der Waals surface area contributed by atoms with Crippen molar-refractivity contribution in [3.63, 3.8) is 0 Å². The van der Waals surface area contributed by atoms with Crippen LogP contribution in [-0.4, -0.2) is 20.1 Å². The minimum Gasteiger partial charge on any atom is -0.349 e. The van der Waals surface area contributed by atoms with Crippen LogP contribution in [-0.2, 0) is 11.3 Å². The van der Waals surface area contributed by atoms with Gasteiger partial charge in [-0.1, -0.05) is 25.1 Å². The minimum atomic E-state index is -0.407. The molecular weight excluding hydrogens is 360 g/mol. The average Bonchev–Trinajstić information content (AvgIpc) is 3.28. The standard InChI is InChI=1S/C20H20N4O2S/c1-3-16(20(26)21-12-14-7-6-10-27-14)24-17-9-5-4-8-15(17)19-22-18(25)11-13(2)23(19)24/h4-11,16H,3,12H2,1-2H3,(H,21,26). The van der Waals surface area contributed by atoms with Gasteiger partial charge >= 0.3 is 0 Å². The van der Waals surface area contributed by atoms with Gasteiger partial charge in [-0.25, -0.2) is 4.52 Å². The summed E-state index contributed by atoms with van der Waals surface area (Å²) in [4.78, 5) is 30.3. The van der Waals surface area contributed by atoms with Gasteiger partial charge < -0.3 is 5.32 Å². The first kappa shape index (κ1) is 17.5. The molecule has 0 bridgehead atoms. The second-order valence-electron chi connectivity index (χ2n) is 6.45. The lowest BCUT2D eigenvalue weighted by atomic mass is 10.2. The van der Waals surface area contributed by atoms with Crippen LogP contribution in [0.4, 0.5) is 0 Å². The van der Waals surface area contributed by atoms with Crippen LogP contribution in [0.5, 0.6) is 0 Å². The van der Waals surface area contributed by atoms with E-state index in [9.17, 15) is 9.59 Å². The fourth-order valence-corrected chi connectivity index (χ4v) is 4.13. The summed E-state index contributed by atoms with van der Waals surface area (Å²) in [5, 5.41) is 5.90. The summed E-state index contributed by atoms with van der Waals surface area (Å²) in [7, 11) is 0. The SMILES string of the molecule is CCC(C(=O)NCc1cccs1)n1c2ccccc2c2nc(=O)cc(C)n21. The molecule has 7 heteroatoms. The van der Waals surface area contributed by atoms with E-state index in [0.717, 1.165) is 21.5 Å². The zero-order chi connectivity index (χ0) is 19.0. The van der Waals surface area contributed by atoms with Crippen LogP contribution in [0.25, 0.3) is 16.6 Å². The maximum atomic E-state index is 13.0. The molecule has 4 rings (SSSR count). The van der Waals surface area contributed by atoms with Gasteiger partial charge in [0.25, 0.3) is 5.56 Å². The van der Waals surface area contributed by atoms with E-state index >= 15 is 0 Å². The van der Waals surface area contributed by atoms with Crippen LogP contribution in [0.3, 0.4) is 0 Å². The number of carbonyl (C=O) groups is 1. The minimum absolute atomic E-state index is 0.0494. The first-order valence-corrected chi connectivity index (χ1v) is 9.78. The van der Waals surface area contributed by atoms with E-state index in [0.29, 0.717) is 18.6 Å². The molecule has 0 aliphatic carbocycles. The molecule has 27 heavy (non-hydrogen) atoms. The molecule has 0 aliphatic rings. The first-order valence-electron chi connectivity index (χ1n) is 8.90. The predicted molar refractivity (Wildman–Crippen MR) is 107 cm³/mol. The number of carbonyl (C=O) groups excluding carboxylic acids is 1. The van der Waals surface area contributed by atoms with Crippen molar-refractivity contribution in [3.8, 4) is 0 Å². The van der Waals surface area contributed by atoms with Gasteiger partial charge in [-0.05, 0) is 36.9 Å². The summed E-state index contributed by atoms with van der Waals surface area (Å²) in [6.45, 7) is 4.36. The summed E-state index contributed by atoms with van der Waals surface area (Å²) in [5.41, 5.74) is 1.95. The van der Waals surface area contributed by atoms with E-state index in [1.807, 2.05) is 64.8 Å². The van der Waals surface area contributed by atoms with Crippen LogP contribution in [0.15, 0.2) is 52.6 Å². The molecule has 4 aromatic rings. The number of para-hydroxylation sites is 1. The van der Waals surface area contributed by atoms with Crippen molar-refractivity contribution in [2.45, 2.75) is 32.9 Å². The first-order chi connectivity index (χ1) is 13.1. The summed E-state index contributed by atoms with van der Waals surface area (Å²) >= 11 is 1.62. The maximum Gasteiger partial charge on any atom is 0.273 e. The Morgan fingerprint density at radius 1 is 1.26 bits per heavy atom. The number of fused-ring (bicyclic) bond motifs is 3. The molecule has 0 radical (unpaired) electrons. The van der Waals surface area contributed by atoms with Gasteiger partial charge in [0.05, 0.1) is 12.1 Å². The van der Waals surface area contributed by atoms with Crippen LogP contribution in [0, 0.1) is 6.92 Å². The van der Waals surface area contributed by atoms with E-state index in [2.05, 4.69) is 10.3 Å². The van der Waals surface area contributed by atoms with Gasteiger partial charge in [-0.2, -0.15) is 4.98 Å². The number of aromatic nitrogens is 3. The van der Waals surface area contributed by atoms with Crippen molar-refractivity contribution in [2.75, 3.05) is 0 Å². The fraction of sp³-hybridized carbons (Fsp3) is 0.250. The van der Waals surface area contributed by atoms with Crippen molar-refractivity contribution < 1.29 is 4.79 Å². The van der Waals surface area contributed by atoms with E-state index in [1.165, 1.54) is 6.07 Å². The van der Waals surface area contributed by atoms with Gasteiger partial charge in [0.1, 0.15) is 6.04 Å². The molecule has 0 spiro atoms. The van der Waals surface area contributed by atoms with Crippen molar-refractivity contribution in [1.82, 2.24) is 19.5 Å². The lowest BCUT2D eigenvalue weighted by Crippen LogP contribution is -2.33. The number of aryl methyl sites for hydroxylation is 1. The van der Waals surface area contributed by atoms with Crippen LogP contribution in [0.2, 0.25) is 0 Å². The Hall–Kier alpha value is -2.93. The molecule has 3 heterocycles. The Bertz CT molecular complexity index is 1170. The number of nitrogens with one attached hydrogen (secondary N) is 1. The molecule has 1 atom stereocenters. The monoisotopic (exact) mass is 380 g/mol. The highest BCUT2D eigenvalue weighted by molar-refractivity contribution is 7.09. The van der Waals surface area contributed by atoms with Crippen LogP contribution >= 0.6 is 11.3 Å². The van der Waals surface area contributed by atoms with Gasteiger partial charge in [0.15, 0.2) is 5.65 Å². The number of rotatable bonds is 5. The number of hydrogen-bond donors (Lipinski definition) is 1. The Labute approximate surface area is 160 Å². The Morgan fingerprint density at radius 2 is 2.07 bits per heavy atom. The smallest absolute Gasteiger partial charge is 0.273 e. The lowest BCUT2D eigenvalue weighted by molar-refractivity contribution is -0.124. The third-order valence-corrected chi connectivity index (χ3v) is 5.57. The topological polar surface area (TPSA) is 68.4 Å². The van der Waals surface area contributed by atoms with Gasteiger partial charge in [-0.15, -0.1) is 11.3 Å². The van der Waals surface area contributed by atoms with Gasteiger partial charge in [0.2, 0.25) is 5.91 Å². The number of hydrogen-bond acceptors (Lipinski definition) is 4. The fourth-order valence-electron chi connectivity index (χ4n) is 3.49. The van der Waals surface area contributed by atoms with E-state index in [-0.39, 0.29) is 11.5 Å². The van der Waals surface area contributed by atoms with E-state index in [4.69, 9.17) is 0 Å². The zero-order valence-electron chi connectivity index (χ0n) is 15.2. The highest BCUT2D eigenvalue weighted by atomic mass is 32.1. The van der Waals surface area contributed by atoms with Crippen molar-refractivity contribution in [1.29, 1.82) is 0 Å². The molecule has 0 saturated heterocycles. The molecule has 6 nitrogen and oxygen atoms in total. The predicted octanol–water partition coefficient (Wildman–Crippen LogP) is 3.29. The third-order valence-electron chi connectivity index (χ3n) is 4.69. The second kappa shape index (κ2) is 7.00. The number of nitrogens with zero attached hydrogens (tertiary/aromatic N) is 3. The van der Waals surface area contributed by atoms with Crippen molar-refractivity contribution in [2.24, 2.45) is 0 Å². The summed E-state index contributed by atoms with van der Waals surface area (Å²) in [6, 6.07) is 12.8. The van der Waals surface area contributed by atoms with Crippen molar-refractivity contribution in [3.05, 3.63) is 68.8 Å². The normalized spacial score (nSPS) is 12.5. The number of amides is 1. The molecular formula is C20H20N4O2S. The second-order valence-corrected chi connectivity index (χ2v) is 7.49. The molecule has 138 valence electrons. The molecule has 0 fully saturated rings. The molecule has 1 N–H and O–H groups in total. The number of thiophene rings is 1. The third kappa shape index (κ3) is 3.04.